The van der Waals surface area contributed by atoms with Crippen LogP contribution >= 0.6 is 0 Å². The zero-order valence-corrected chi connectivity index (χ0v) is 13.6. The van der Waals surface area contributed by atoms with Gasteiger partial charge < -0.3 is 20.7 Å². The minimum absolute atomic E-state index is 0.0374. The number of nitrogens with zero attached hydrogens (tertiary/aromatic N) is 1. The number of carbonyl (C=O) groups is 2. The van der Waals surface area contributed by atoms with Crippen molar-refractivity contribution in [3.05, 3.63) is 24.3 Å². The van der Waals surface area contributed by atoms with E-state index in [0.717, 1.165) is 19.3 Å². The molecule has 1 heterocycles. The molecule has 0 aromatic heterocycles. The number of hydrogen-bond donors (Lipinski definition) is 2. The summed E-state index contributed by atoms with van der Waals surface area (Å²) in [6.45, 7) is 3.41. The molecule has 1 aliphatic rings. The van der Waals surface area contributed by atoms with Gasteiger partial charge in [-0.2, -0.15) is 0 Å². The van der Waals surface area contributed by atoms with Gasteiger partial charge in [0.15, 0.2) is 0 Å². The summed E-state index contributed by atoms with van der Waals surface area (Å²) in [6.07, 6.45) is 3.08. The predicted molar refractivity (Wildman–Crippen MR) is 89.3 cm³/mol. The van der Waals surface area contributed by atoms with Gasteiger partial charge >= 0.3 is 0 Å². The summed E-state index contributed by atoms with van der Waals surface area (Å²) in [5, 5.41) is 2.89. The first-order valence-electron chi connectivity index (χ1n) is 8.19. The Morgan fingerprint density at radius 1 is 1.30 bits per heavy atom. The molecular weight excluding hydrogens is 294 g/mol. The first-order chi connectivity index (χ1) is 11.2. The van der Waals surface area contributed by atoms with Crippen molar-refractivity contribution in [1.82, 2.24) is 4.90 Å². The van der Waals surface area contributed by atoms with Crippen molar-refractivity contribution in [1.29, 1.82) is 0 Å². The average molecular weight is 319 g/mol. The number of carbonyl (C=O) groups excluding carboxylic acids is 2. The number of piperidine rings is 1. The van der Waals surface area contributed by atoms with E-state index in [2.05, 4.69) is 5.32 Å². The minimum atomic E-state index is -0.371. The number of nitrogens with one attached hydrogen (secondary N) is 1. The van der Waals surface area contributed by atoms with Gasteiger partial charge in [-0.05, 0) is 43.5 Å². The van der Waals surface area contributed by atoms with Crippen LogP contribution in [0.3, 0.4) is 0 Å². The number of nitrogens with two attached hydrogens (primary N) is 1. The van der Waals surface area contributed by atoms with Gasteiger partial charge in [-0.15, -0.1) is 0 Å². The SMILES string of the molecule is CCC(=O)N1CCCCC1C(=O)Nc1ccc(OCCN)cc1. The standard InChI is InChI=1S/C17H25N3O3/c1-2-16(21)20-11-4-3-5-15(20)17(22)19-13-6-8-14(9-7-13)23-12-10-18/h6-9,15H,2-5,10-12,18H2,1H3,(H,19,22). The quantitative estimate of drug-likeness (QED) is 0.836. The lowest BCUT2D eigenvalue weighted by atomic mass is 10.0. The Hall–Kier alpha value is -2.08. The second-order valence-corrected chi connectivity index (χ2v) is 5.60. The van der Waals surface area contributed by atoms with Crippen LogP contribution in [0.4, 0.5) is 5.69 Å². The fourth-order valence-electron chi connectivity index (χ4n) is 2.74. The first kappa shape index (κ1) is 17.3. The number of likely N-dealkylation sites (tertiary alicyclic amines) is 1. The molecule has 1 aromatic rings. The number of benzene rings is 1. The van der Waals surface area contributed by atoms with Crippen LogP contribution in [0, 0.1) is 0 Å². The number of amides is 2. The third kappa shape index (κ3) is 4.69. The summed E-state index contributed by atoms with van der Waals surface area (Å²) in [4.78, 5) is 26.2. The smallest absolute Gasteiger partial charge is 0.247 e. The first-order valence-corrected chi connectivity index (χ1v) is 8.19. The second-order valence-electron chi connectivity index (χ2n) is 5.60. The van der Waals surface area contributed by atoms with Crippen LogP contribution in [-0.2, 0) is 9.59 Å². The monoisotopic (exact) mass is 319 g/mol. The van der Waals surface area contributed by atoms with E-state index in [9.17, 15) is 9.59 Å². The summed E-state index contributed by atoms with van der Waals surface area (Å²) < 4.78 is 5.40. The third-order valence-electron chi connectivity index (χ3n) is 3.94. The molecule has 0 radical (unpaired) electrons. The molecule has 1 atom stereocenters. The predicted octanol–water partition coefficient (Wildman–Crippen LogP) is 1.75. The normalized spacial score (nSPS) is 17.7. The van der Waals surface area contributed by atoms with E-state index in [0.29, 0.717) is 37.6 Å². The minimum Gasteiger partial charge on any atom is -0.492 e. The van der Waals surface area contributed by atoms with Crippen LogP contribution in [-0.4, -0.2) is 42.5 Å². The maximum atomic E-state index is 12.5. The summed E-state index contributed by atoms with van der Waals surface area (Å²) in [6, 6.07) is 6.80. The van der Waals surface area contributed by atoms with Crippen molar-refractivity contribution in [3.8, 4) is 5.75 Å². The fourth-order valence-corrected chi connectivity index (χ4v) is 2.74. The van der Waals surface area contributed by atoms with E-state index in [-0.39, 0.29) is 17.9 Å². The van der Waals surface area contributed by atoms with Crippen LogP contribution < -0.4 is 15.8 Å². The van der Waals surface area contributed by atoms with E-state index >= 15 is 0 Å². The molecule has 0 aliphatic carbocycles. The molecule has 1 saturated heterocycles. The Kier molecular flexibility index (Phi) is 6.40. The maximum Gasteiger partial charge on any atom is 0.247 e. The van der Waals surface area contributed by atoms with Crippen LogP contribution in [0.2, 0.25) is 0 Å². The van der Waals surface area contributed by atoms with Gasteiger partial charge in [-0.1, -0.05) is 6.92 Å². The molecule has 2 rings (SSSR count). The molecule has 1 aromatic carbocycles. The molecule has 1 fully saturated rings. The highest BCUT2D eigenvalue weighted by Crippen LogP contribution is 2.21. The lowest BCUT2D eigenvalue weighted by molar-refractivity contribution is -0.140. The van der Waals surface area contributed by atoms with Crippen LogP contribution in [0.15, 0.2) is 24.3 Å². The van der Waals surface area contributed by atoms with E-state index in [4.69, 9.17) is 10.5 Å². The Labute approximate surface area is 137 Å². The molecule has 1 aliphatic heterocycles. The van der Waals surface area contributed by atoms with Gasteiger partial charge in [0.05, 0.1) is 0 Å². The Morgan fingerprint density at radius 2 is 2.04 bits per heavy atom. The molecule has 23 heavy (non-hydrogen) atoms. The van der Waals surface area contributed by atoms with Crippen molar-refractivity contribution < 1.29 is 14.3 Å². The lowest BCUT2D eigenvalue weighted by Crippen LogP contribution is -2.49. The Morgan fingerprint density at radius 3 is 2.70 bits per heavy atom. The highest BCUT2D eigenvalue weighted by atomic mass is 16.5. The average Bonchev–Trinajstić information content (AvgIpc) is 2.60. The summed E-state index contributed by atoms with van der Waals surface area (Å²) in [7, 11) is 0. The zero-order chi connectivity index (χ0) is 16.7. The number of anilines is 1. The number of ether oxygens (including phenoxy) is 1. The van der Waals surface area contributed by atoms with Crippen molar-refractivity contribution in [3.63, 3.8) is 0 Å². The molecular formula is C17H25N3O3. The maximum absolute atomic E-state index is 12.5. The van der Waals surface area contributed by atoms with Crippen molar-refractivity contribution in [2.45, 2.75) is 38.6 Å². The molecule has 0 spiro atoms. The molecule has 6 heteroatoms. The Bertz CT molecular complexity index is 530. The molecule has 6 nitrogen and oxygen atoms in total. The second kappa shape index (κ2) is 8.53. The highest BCUT2D eigenvalue weighted by Gasteiger charge is 2.31. The molecule has 126 valence electrons. The topological polar surface area (TPSA) is 84.7 Å². The van der Waals surface area contributed by atoms with E-state index in [1.807, 2.05) is 6.92 Å². The van der Waals surface area contributed by atoms with Crippen molar-refractivity contribution >= 4 is 17.5 Å². The Balaban J connectivity index is 1.98. The molecule has 1 unspecified atom stereocenters. The summed E-state index contributed by atoms with van der Waals surface area (Å²) in [5.41, 5.74) is 6.09. The highest BCUT2D eigenvalue weighted by molar-refractivity contribution is 5.97. The summed E-state index contributed by atoms with van der Waals surface area (Å²) in [5.74, 6) is 0.631. The zero-order valence-electron chi connectivity index (χ0n) is 13.6. The third-order valence-corrected chi connectivity index (χ3v) is 3.94. The largest absolute Gasteiger partial charge is 0.492 e. The van der Waals surface area contributed by atoms with E-state index in [1.54, 1.807) is 29.2 Å². The van der Waals surface area contributed by atoms with Gasteiger partial charge in [-0.3, -0.25) is 9.59 Å². The van der Waals surface area contributed by atoms with Crippen LogP contribution in [0.5, 0.6) is 5.75 Å². The van der Waals surface area contributed by atoms with Gasteiger partial charge in [-0.25, -0.2) is 0 Å². The molecule has 0 bridgehead atoms. The van der Waals surface area contributed by atoms with Crippen molar-refractivity contribution in [2.75, 3.05) is 25.0 Å². The molecule has 2 amide bonds. The van der Waals surface area contributed by atoms with Gasteiger partial charge in [0.25, 0.3) is 0 Å². The van der Waals surface area contributed by atoms with Gasteiger partial charge in [0, 0.05) is 25.2 Å². The molecule has 3 N–H and O–H groups in total. The van der Waals surface area contributed by atoms with Crippen molar-refractivity contribution in [2.24, 2.45) is 5.73 Å². The van der Waals surface area contributed by atoms with Crippen LogP contribution in [0.1, 0.15) is 32.6 Å². The van der Waals surface area contributed by atoms with Gasteiger partial charge in [0.2, 0.25) is 11.8 Å². The summed E-state index contributed by atoms with van der Waals surface area (Å²) >= 11 is 0. The van der Waals surface area contributed by atoms with E-state index < -0.39 is 0 Å². The van der Waals surface area contributed by atoms with Gasteiger partial charge in [0.1, 0.15) is 18.4 Å². The molecule has 0 saturated carbocycles. The number of rotatable bonds is 6. The van der Waals surface area contributed by atoms with E-state index in [1.165, 1.54) is 0 Å². The number of hydrogen-bond acceptors (Lipinski definition) is 4. The van der Waals surface area contributed by atoms with Crippen LogP contribution in [0.25, 0.3) is 0 Å². The fraction of sp³-hybridized carbons (Fsp3) is 0.529. The lowest BCUT2D eigenvalue weighted by Gasteiger charge is -2.34.